The first-order valence-corrected chi connectivity index (χ1v) is 7.31. The summed E-state index contributed by atoms with van der Waals surface area (Å²) in [5.74, 6) is 0.144. The van der Waals surface area contributed by atoms with Crippen LogP contribution in [-0.2, 0) is 11.3 Å². The molecule has 4 heteroatoms. The summed E-state index contributed by atoms with van der Waals surface area (Å²) >= 11 is 0. The van der Waals surface area contributed by atoms with Gasteiger partial charge >= 0.3 is 0 Å². The molecule has 110 valence electrons. The van der Waals surface area contributed by atoms with Gasteiger partial charge in [-0.25, -0.2) is 0 Å². The van der Waals surface area contributed by atoms with Gasteiger partial charge in [0.15, 0.2) is 0 Å². The number of nitrogens with zero attached hydrogens (tertiary/aromatic N) is 1. The summed E-state index contributed by atoms with van der Waals surface area (Å²) in [5, 5.41) is 6.36. The Morgan fingerprint density at radius 2 is 2.05 bits per heavy atom. The Morgan fingerprint density at radius 3 is 2.55 bits per heavy atom. The highest BCUT2D eigenvalue weighted by molar-refractivity contribution is 5.95. The van der Waals surface area contributed by atoms with Crippen molar-refractivity contribution >= 4 is 11.6 Å². The van der Waals surface area contributed by atoms with Crippen LogP contribution in [0.1, 0.15) is 25.3 Å². The summed E-state index contributed by atoms with van der Waals surface area (Å²) in [6, 6.07) is 8.12. The molecule has 0 saturated carbocycles. The molecule has 1 aromatic rings. The van der Waals surface area contributed by atoms with Gasteiger partial charge in [-0.3, -0.25) is 4.79 Å². The predicted octanol–water partition coefficient (Wildman–Crippen LogP) is 2.08. The predicted molar refractivity (Wildman–Crippen MR) is 82.7 cm³/mol. The SMILES string of the molecule is CCC1(C(=O)Nc2ccc(CN(C)C)cc2)CCNC1. The monoisotopic (exact) mass is 275 g/mol. The van der Waals surface area contributed by atoms with Gasteiger partial charge < -0.3 is 15.5 Å². The Labute approximate surface area is 121 Å². The maximum Gasteiger partial charge on any atom is 0.231 e. The number of benzene rings is 1. The second kappa shape index (κ2) is 6.37. The third kappa shape index (κ3) is 3.38. The van der Waals surface area contributed by atoms with Gasteiger partial charge in [-0.05, 0) is 51.2 Å². The number of nitrogens with one attached hydrogen (secondary N) is 2. The number of hydrogen-bond acceptors (Lipinski definition) is 3. The van der Waals surface area contributed by atoms with Crippen molar-refractivity contribution in [2.24, 2.45) is 5.41 Å². The lowest BCUT2D eigenvalue weighted by Crippen LogP contribution is -2.37. The zero-order valence-electron chi connectivity index (χ0n) is 12.7. The van der Waals surface area contributed by atoms with Crippen molar-refractivity contribution in [1.82, 2.24) is 10.2 Å². The van der Waals surface area contributed by atoms with E-state index >= 15 is 0 Å². The molecule has 1 amide bonds. The first-order valence-electron chi connectivity index (χ1n) is 7.31. The molecule has 0 bridgehead atoms. The molecule has 0 radical (unpaired) electrons. The van der Waals surface area contributed by atoms with E-state index in [-0.39, 0.29) is 11.3 Å². The molecule has 2 N–H and O–H groups in total. The van der Waals surface area contributed by atoms with Gasteiger partial charge in [-0.2, -0.15) is 0 Å². The Bertz CT molecular complexity index is 447. The fourth-order valence-electron chi connectivity index (χ4n) is 2.72. The fourth-order valence-corrected chi connectivity index (χ4v) is 2.72. The fraction of sp³-hybridized carbons (Fsp3) is 0.562. The number of rotatable bonds is 5. The van der Waals surface area contributed by atoms with Gasteiger partial charge in [0.1, 0.15) is 0 Å². The third-order valence-corrected chi connectivity index (χ3v) is 4.11. The van der Waals surface area contributed by atoms with E-state index in [9.17, 15) is 4.79 Å². The lowest BCUT2D eigenvalue weighted by atomic mass is 9.83. The third-order valence-electron chi connectivity index (χ3n) is 4.11. The van der Waals surface area contributed by atoms with E-state index < -0.39 is 0 Å². The number of carbonyl (C=O) groups excluding carboxylic acids is 1. The Hall–Kier alpha value is -1.39. The van der Waals surface area contributed by atoms with Crippen LogP contribution < -0.4 is 10.6 Å². The average Bonchev–Trinajstić information content (AvgIpc) is 2.90. The van der Waals surface area contributed by atoms with Crippen molar-refractivity contribution < 1.29 is 4.79 Å². The summed E-state index contributed by atoms with van der Waals surface area (Å²) in [5.41, 5.74) is 1.90. The molecular weight excluding hydrogens is 250 g/mol. The number of carbonyl (C=O) groups is 1. The number of amides is 1. The van der Waals surface area contributed by atoms with Crippen LogP contribution in [0.5, 0.6) is 0 Å². The minimum atomic E-state index is -0.234. The Kier molecular flexibility index (Phi) is 4.78. The highest BCUT2D eigenvalue weighted by Gasteiger charge is 2.39. The van der Waals surface area contributed by atoms with Crippen molar-refractivity contribution in [3.63, 3.8) is 0 Å². The van der Waals surface area contributed by atoms with E-state index in [4.69, 9.17) is 0 Å². The summed E-state index contributed by atoms with van der Waals surface area (Å²) in [6.07, 6.45) is 1.80. The summed E-state index contributed by atoms with van der Waals surface area (Å²) in [7, 11) is 4.10. The number of anilines is 1. The molecule has 0 aliphatic carbocycles. The Balaban J connectivity index is 2.00. The molecule has 20 heavy (non-hydrogen) atoms. The molecule has 1 heterocycles. The quantitative estimate of drug-likeness (QED) is 0.864. The van der Waals surface area contributed by atoms with Crippen molar-refractivity contribution in [3.05, 3.63) is 29.8 Å². The van der Waals surface area contributed by atoms with E-state index in [1.54, 1.807) is 0 Å². The zero-order chi connectivity index (χ0) is 14.6. The normalized spacial score (nSPS) is 22.2. The van der Waals surface area contributed by atoms with Crippen LogP contribution in [0, 0.1) is 5.41 Å². The molecule has 1 aliphatic rings. The topological polar surface area (TPSA) is 44.4 Å². The van der Waals surface area contributed by atoms with E-state index in [1.807, 2.05) is 26.2 Å². The van der Waals surface area contributed by atoms with Crippen LogP contribution in [0.25, 0.3) is 0 Å². The highest BCUT2D eigenvalue weighted by atomic mass is 16.2. The second-order valence-electron chi connectivity index (χ2n) is 5.95. The summed E-state index contributed by atoms with van der Waals surface area (Å²) in [4.78, 5) is 14.6. The van der Waals surface area contributed by atoms with Crippen LogP contribution in [0.4, 0.5) is 5.69 Å². The lowest BCUT2D eigenvalue weighted by molar-refractivity contribution is -0.124. The molecule has 1 aliphatic heterocycles. The van der Waals surface area contributed by atoms with Gasteiger partial charge in [-0.1, -0.05) is 19.1 Å². The highest BCUT2D eigenvalue weighted by Crippen LogP contribution is 2.30. The zero-order valence-corrected chi connectivity index (χ0v) is 12.7. The van der Waals surface area contributed by atoms with Crippen LogP contribution in [0.2, 0.25) is 0 Å². The maximum atomic E-state index is 12.5. The molecule has 4 nitrogen and oxygen atoms in total. The molecule has 0 aromatic heterocycles. The van der Waals surface area contributed by atoms with Crippen LogP contribution in [-0.4, -0.2) is 38.0 Å². The van der Waals surface area contributed by atoms with Crippen LogP contribution in [0.3, 0.4) is 0 Å². The minimum Gasteiger partial charge on any atom is -0.326 e. The van der Waals surface area contributed by atoms with Crippen LogP contribution >= 0.6 is 0 Å². The van der Waals surface area contributed by atoms with Gasteiger partial charge in [0.05, 0.1) is 5.41 Å². The van der Waals surface area contributed by atoms with E-state index in [0.717, 1.165) is 38.2 Å². The lowest BCUT2D eigenvalue weighted by Gasteiger charge is -2.25. The summed E-state index contributed by atoms with van der Waals surface area (Å²) in [6.45, 7) is 4.72. The smallest absolute Gasteiger partial charge is 0.231 e. The molecule has 1 fully saturated rings. The minimum absolute atomic E-state index is 0.144. The molecule has 0 spiro atoms. The molecule has 1 unspecified atom stereocenters. The molecular formula is C16H25N3O. The molecule has 1 saturated heterocycles. The van der Waals surface area contributed by atoms with Crippen LogP contribution in [0.15, 0.2) is 24.3 Å². The standard InChI is InChI=1S/C16H25N3O/c1-4-16(9-10-17-12-16)15(20)18-14-7-5-13(6-8-14)11-19(2)3/h5-8,17H,4,9-12H2,1-3H3,(H,18,20). The first-order chi connectivity index (χ1) is 9.55. The second-order valence-corrected chi connectivity index (χ2v) is 5.95. The Morgan fingerprint density at radius 1 is 1.35 bits per heavy atom. The van der Waals surface area contributed by atoms with Gasteiger partial charge in [-0.15, -0.1) is 0 Å². The molecule has 1 atom stereocenters. The van der Waals surface area contributed by atoms with E-state index in [2.05, 4.69) is 34.6 Å². The summed E-state index contributed by atoms with van der Waals surface area (Å²) < 4.78 is 0. The van der Waals surface area contributed by atoms with Gasteiger partial charge in [0.2, 0.25) is 5.91 Å². The van der Waals surface area contributed by atoms with Gasteiger partial charge in [0, 0.05) is 18.8 Å². The van der Waals surface area contributed by atoms with E-state index in [1.165, 1.54) is 5.56 Å². The maximum absolute atomic E-state index is 12.5. The van der Waals surface area contributed by atoms with Crippen molar-refractivity contribution in [2.75, 3.05) is 32.5 Å². The average molecular weight is 275 g/mol. The largest absolute Gasteiger partial charge is 0.326 e. The molecule has 2 rings (SSSR count). The van der Waals surface area contributed by atoms with Crippen molar-refractivity contribution in [1.29, 1.82) is 0 Å². The first kappa shape index (κ1) is 15.0. The molecule has 1 aromatic carbocycles. The number of hydrogen-bond donors (Lipinski definition) is 2. The van der Waals surface area contributed by atoms with Crippen molar-refractivity contribution in [2.45, 2.75) is 26.3 Å². The van der Waals surface area contributed by atoms with E-state index in [0.29, 0.717) is 0 Å². The van der Waals surface area contributed by atoms with Gasteiger partial charge in [0.25, 0.3) is 0 Å². The van der Waals surface area contributed by atoms with Crippen molar-refractivity contribution in [3.8, 4) is 0 Å².